The minimum absolute atomic E-state index is 0.246. The number of hydrogen-bond donors (Lipinski definition) is 4. The van der Waals surface area contributed by atoms with E-state index in [2.05, 4.69) is 20.3 Å². The molecule has 0 saturated heterocycles. The van der Waals surface area contributed by atoms with Crippen LogP contribution >= 0.6 is 22.9 Å². The van der Waals surface area contributed by atoms with Crippen LogP contribution in [0.2, 0.25) is 4.34 Å². The molecule has 1 rings (SSSR count). The standard InChI is InChI=1S/C14H25ClN4O3S2/c1-5-16-13(18-9-14(2,3)19-24(4,21)22)17-8-10(20)11-6-7-12(15)23-11/h6-7,10,19-20H,5,8-9H2,1-4H3,(H2,16,17,18). The predicted octanol–water partition coefficient (Wildman–Crippen LogP) is 1.32. The zero-order valence-corrected chi connectivity index (χ0v) is 16.6. The minimum atomic E-state index is -3.31. The summed E-state index contributed by atoms with van der Waals surface area (Å²) in [7, 11) is -3.31. The minimum Gasteiger partial charge on any atom is -0.386 e. The number of halogens is 1. The smallest absolute Gasteiger partial charge is 0.209 e. The lowest BCUT2D eigenvalue weighted by Gasteiger charge is -2.23. The number of sulfonamides is 1. The summed E-state index contributed by atoms with van der Waals surface area (Å²) in [5.41, 5.74) is -0.712. The van der Waals surface area contributed by atoms with E-state index in [4.69, 9.17) is 11.6 Å². The quantitative estimate of drug-likeness (QED) is 0.392. The molecule has 0 amide bonds. The fraction of sp³-hybridized carbons (Fsp3) is 0.643. The molecule has 1 aromatic rings. The highest BCUT2D eigenvalue weighted by Crippen LogP contribution is 2.26. The Kier molecular flexibility index (Phi) is 7.94. The molecule has 0 fully saturated rings. The van der Waals surface area contributed by atoms with Crippen molar-refractivity contribution in [3.05, 3.63) is 21.3 Å². The number of aliphatic imine (C=N–C) groups is 1. The van der Waals surface area contributed by atoms with Gasteiger partial charge in [0.25, 0.3) is 0 Å². The van der Waals surface area contributed by atoms with Crippen molar-refractivity contribution in [2.45, 2.75) is 32.4 Å². The van der Waals surface area contributed by atoms with Crippen molar-refractivity contribution in [3.8, 4) is 0 Å². The van der Waals surface area contributed by atoms with Gasteiger partial charge in [-0.15, -0.1) is 11.3 Å². The number of aliphatic hydroxyl groups excluding tert-OH is 1. The van der Waals surface area contributed by atoms with Gasteiger partial charge in [-0.1, -0.05) is 11.6 Å². The molecule has 0 radical (unpaired) electrons. The lowest BCUT2D eigenvalue weighted by molar-refractivity contribution is 0.184. The molecule has 1 atom stereocenters. The second-order valence-corrected chi connectivity index (χ2v) is 9.49. The number of nitrogens with zero attached hydrogens (tertiary/aromatic N) is 1. The Hall–Kier alpha value is -0.870. The number of nitrogens with one attached hydrogen (secondary N) is 3. The molecule has 0 aromatic carbocycles. The van der Waals surface area contributed by atoms with E-state index in [-0.39, 0.29) is 13.1 Å². The molecule has 1 aromatic heterocycles. The van der Waals surface area contributed by atoms with Crippen molar-refractivity contribution in [1.82, 2.24) is 15.4 Å². The largest absolute Gasteiger partial charge is 0.386 e. The first-order chi connectivity index (χ1) is 11.0. The summed E-state index contributed by atoms with van der Waals surface area (Å²) in [6, 6.07) is 3.52. The predicted molar refractivity (Wildman–Crippen MR) is 100 cm³/mol. The van der Waals surface area contributed by atoms with Crippen LogP contribution in [0.3, 0.4) is 0 Å². The maximum absolute atomic E-state index is 11.4. The number of aliphatic hydroxyl groups is 1. The van der Waals surface area contributed by atoms with Crippen molar-refractivity contribution < 1.29 is 13.5 Å². The van der Waals surface area contributed by atoms with Gasteiger partial charge in [0.05, 0.1) is 17.1 Å². The summed E-state index contributed by atoms with van der Waals surface area (Å²) in [5.74, 6) is 0.502. The Labute approximate surface area is 152 Å². The Morgan fingerprint density at radius 3 is 2.58 bits per heavy atom. The molecular formula is C14H25ClN4O3S2. The Bertz CT molecular complexity index is 659. The van der Waals surface area contributed by atoms with E-state index in [1.54, 1.807) is 26.0 Å². The maximum Gasteiger partial charge on any atom is 0.209 e. The molecule has 10 heteroatoms. The van der Waals surface area contributed by atoms with E-state index in [1.807, 2.05) is 6.92 Å². The lowest BCUT2D eigenvalue weighted by Crippen LogP contribution is -2.47. The van der Waals surface area contributed by atoms with Gasteiger partial charge < -0.3 is 15.7 Å². The Morgan fingerprint density at radius 1 is 1.42 bits per heavy atom. The molecule has 0 aliphatic rings. The molecule has 4 N–H and O–H groups in total. The van der Waals surface area contributed by atoms with Crippen molar-refractivity contribution in [3.63, 3.8) is 0 Å². The highest BCUT2D eigenvalue weighted by Gasteiger charge is 2.22. The van der Waals surface area contributed by atoms with Gasteiger partial charge in [-0.25, -0.2) is 13.1 Å². The van der Waals surface area contributed by atoms with Crippen molar-refractivity contribution >= 4 is 38.9 Å². The molecule has 0 spiro atoms. The van der Waals surface area contributed by atoms with Crippen LogP contribution in [0.5, 0.6) is 0 Å². The SMILES string of the molecule is CCNC(=NCC(C)(C)NS(C)(=O)=O)NCC(O)c1ccc(Cl)s1. The van der Waals surface area contributed by atoms with Crippen LogP contribution in [-0.2, 0) is 10.0 Å². The number of guanidine groups is 1. The monoisotopic (exact) mass is 396 g/mol. The third kappa shape index (κ3) is 8.29. The van der Waals surface area contributed by atoms with Crippen LogP contribution in [0.1, 0.15) is 31.8 Å². The summed E-state index contributed by atoms with van der Waals surface area (Å²) in [6.45, 7) is 6.59. The van der Waals surface area contributed by atoms with E-state index >= 15 is 0 Å². The Balaban J connectivity index is 2.65. The molecule has 0 aliphatic heterocycles. The van der Waals surface area contributed by atoms with Gasteiger partial charge in [-0.3, -0.25) is 4.99 Å². The van der Waals surface area contributed by atoms with Crippen molar-refractivity contribution in [1.29, 1.82) is 0 Å². The first-order valence-corrected chi connectivity index (χ1v) is 10.6. The zero-order valence-electron chi connectivity index (χ0n) is 14.3. The van der Waals surface area contributed by atoms with E-state index in [9.17, 15) is 13.5 Å². The molecule has 7 nitrogen and oxygen atoms in total. The summed E-state index contributed by atoms with van der Waals surface area (Å²) < 4.78 is 25.9. The maximum atomic E-state index is 11.4. The van der Waals surface area contributed by atoms with Crippen LogP contribution in [0, 0.1) is 0 Å². The Morgan fingerprint density at radius 2 is 2.08 bits per heavy atom. The summed E-state index contributed by atoms with van der Waals surface area (Å²) in [5, 5.41) is 16.2. The van der Waals surface area contributed by atoms with Crippen LogP contribution in [-0.4, -0.2) is 50.9 Å². The van der Waals surface area contributed by atoms with Gasteiger partial charge in [-0.05, 0) is 32.9 Å². The van der Waals surface area contributed by atoms with E-state index in [0.717, 1.165) is 11.1 Å². The molecule has 1 unspecified atom stereocenters. The van der Waals surface area contributed by atoms with Gasteiger partial charge in [0.2, 0.25) is 10.0 Å². The molecule has 0 saturated carbocycles. The third-order valence-electron chi connectivity index (χ3n) is 2.82. The van der Waals surface area contributed by atoms with E-state index < -0.39 is 21.7 Å². The average molecular weight is 397 g/mol. The first kappa shape index (κ1) is 21.2. The van der Waals surface area contributed by atoms with Crippen LogP contribution in [0.15, 0.2) is 17.1 Å². The normalized spacial score (nSPS) is 14.5. The molecular weight excluding hydrogens is 372 g/mol. The third-order valence-corrected chi connectivity index (χ3v) is 5.08. The molecule has 0 bridgehead atoms. The first-order valence-electron chi connectivity index (χ1n) is 7.47. The van der Waals surface area contributed by atoms with Gasteiger partial charge >= 0.3 is 0 Å². The molecule has 0 aliphatic carbocycles. The fourth-order valence-electron chi connectivity index (χ4n) is 1.95. The van der Waals surface area contributed by atoms with Crippen LogP contribution < -0.4 is 15.4 Å². The number of rotatable bonds is 8. The van der Waals surface area contributed by atoms with Gasteiger partial charge in [0.1, 0.15) is 6.10 Å². The number of hydrogen-bond acceptors (Lipinski definition) is 5. The van der Waals surface area contributed by atoms with Gasteiger partial charge in [0.15, 0.2) is 5.96 Å². The molecule has 138 valence electrons. The van der Waals surface area contributed by atoms with Crippen LogP contribution in [0.25, 0.3) is 0 Å². The summed E-state index contributed by atoms with van der Waals surface area (Å²) >= 11 is 7.19. The summed E-state index contributed by atoms with van der Waals surface area (Å²) in [6.07, 6.45) is 0.415. The summed E-state index contributed by atoms with van der Waals surface area (Å²) in [4.78, 5) is 5.14. The zero-order chi connectivity index (χ0) is 18.4. The highest BCUT2D eigenvalue weighted by molar-refractivity contribution is 7.88. The lowest BCUT2D eigenvalue weighted by atomic mass is 10.1. The topological polar surface area (TPSA) is 103 Å². The molecule has 24 heavy (non-hydrogen) atoms. The van der Waals surface area contributed by atoms with Gasteiger partial charge in [-0.2, -0.15) is 0 Å². The van der Waals surface area contributed by atoms with Crippen molar-refractivity contribution in [2.24, 2.45) is 4.99 Å². The van der Waals surface area contributed by atoms with Crippen LogP contribution in [0.4, 0.5) is 0 Å². The molecule has 1 heterocycles. The second-order valence-electron chi connectivity index (χ2n) is 5.99. The number of thiophene rings is 1. The highest BCUT2D eigenvalue weighted by atomic mass is 35.5. The average Bonchev–Trinajstić information content (AvgIpc) is 2.85. The second kappa shape index (κ2) is 9.00. The van der Waals surface area contributed by atoms with Gasteiger partial charge in [0, 0.05) is 23.5 Å². The fourth-order valence-corrected chi connectivity index (χ4v) is 4.07. The van der Waals surface area contributed by atoms with Crippen molar-refractivity contribution in [2.75, 3.05) is 25.9 Å². The van der Waals surface area contributed by atoms with E-state index in [1.165, 1.54) is 11.3 Å². The van der Waals surface area contributed by atoms with E-state index in [0.29, 0.717) is 16.8 Å².